The van der Waals surface area contributed by atoms with Crippen molar-refractivity contribution in [2.75, 3.05) is 17.6 Å². The molecule has 0 saturated heterocycles. The molecule has 29 heavy (non-hydrogen) atoms. The number of hydrogen-bond acceptors (Lipinski definition) is 4. The molecule has 0 aliphatic rings. The van der Waals surface area contributed by atoms with Gasteiger partial charge in [-0.25, -0.2) is 18.2 Å². The molecule has 0 fully saturated rings. The highest BCUT2D eigenvalue weighted by Gasteiger charge is 2.38. The molecule has 0 radical (unpaired) electrons. The van der Waals surface area contributed by atoms with Gasteiger partial charge in [0.05, 0.1) is 11.9 Å². The smallest absolute Gasteiger partial charge is 0.475 e. The number of pyridine rings is 1. The lowest BCUT2D eigenvalue weighted by atomic mass is 10.0. The third kappa shape index (κ3) is 5.47. The van der Waals surface area contributed by atoms with Crippen LogP contribution in [0.1, 0.15) is 5.69 Å². The van der Waals surface area contributed by atoms with Crippen molar-refractivity contribution >= 4 is 32.7 Å². The molecule has 0 unspecified atom stereocenters. The Hall–Kier alpha value is -3.08. The van der Waals surface area contributed by atoms with E-state index in [4.69, 9.17) is 9.90 Å². The van der Waals surface area contributed by atoms with E-state index in [-0.39, 0.29) is 0 Å². The van der Waals surface area contributed by atoms with E-state index in [1.54, 1.807) is 13.2 Å². The molecule has 3 rings (SSSR count). The van der Waals surface area contributed by atoms with E-state index in [1.807, 2.05) is 37.3 Å². The number of H-pyrrole nitrogens is 1. The number of carbonyl (C=O) groups is 1. The molecule has 2 N–H and O–H groups in total. The molecule has 0 amide bonds. The standard InChI is InChI=1S/C16H17N3O2S.C2HF3O2/c1-11-10-15-14(8-9-17-16(15)18-11)12-4-6-13(7-5-12)19(2)22(3,20)21;3-2(4,5)1(6)7/h4-10H,1-3H3,(H,17,18);(H,6,7). The Morgan fingerprint density at radius 2 is 1.72 bits per heavy atom. The Morgan fingerprint density at radius 3 is 2.21 bits per heavy atom. The van der Waals surface area contributed by atoms with Crippen LogP contribution in [-0.2, 0) is 14.8 Å². The van der Waals surface area contributed by atoms with Gasteiger partial charge in [-0.15, -0.1) is 0 Å². The lowest BCUT2D eigenvalue weighted by Crippen LogP contribution is -2.24. The van der Waals surface area contributed by atoms with Crippen LogP contribution in [-0.4, -0.2) is 48.9 Å². The first kappa shape index (κ1) is 22.2. The van der Waals surface area contributed by atoms with Gasteiger partial charge < -0.3 is 10.1 Å². The zero-order valence-corrected chi connectivity index (χ0v) is 16.5. The van der Waals surface area contributed by atoms with E-state index < -0.39 is 22.2 Å². The fourth-order valence-electron chi connectivity index (χ4n) is 2.45. The van der Waals surface area contributed by atoms with Crippen molar-refractivity contribution in [3.8, 4) is 11.1 Å². The molecule has 11 heteroatoms. The molecule has 156 valence electrons. The molecule has 2 aromatic heterocycles. The molecule has 3 aromatic rings. The highest BCUT2D eigenvalue weighted by Crippen LogP contribution is 2.29. The Bertz CT molecular complexity index is 1120. The molecule has 0 spiro atoms. The molecule has 0 saturated carbocycles. The first-order chi connectivity index (χ1) is 13.3. The number of carboxylic acid groups (broad SMARTS) is 1. The first-order valence-corrected chi connectivity index (χ1v) is 9.94. The van der Waals surface area contributed by atoms with Crippen LogP contribution in [0.15, 0.2) is 42.6 Å². The lowest BCUT2D eigenvalue weighted by molar-refractivity contribution is -0.192. The maximum atomic E-state index is 11.6. The van der Waals surface area contributed by atoms with Crippen LogP contribution in [0.3, 0.4) is 0 Å². The van der Waals surface area contributed by atoms with Crippen molar-refractivity contribution in [2.45, 2.75) is 13.1 Å². The summed E-state index contributed by atoms with van der Waals surface area (Å²) in [4.78, 5) is 16.4. The van der Waals surface area contributed by atoms with Crippen molar-refractivity contribution < 1.29 is 31.5 Å². The number of halogens is 3. The Balaban J connectivity index is 0.000000370. The molecule has 0 aliphatic carbocycles. The van der Waals surface area contributed by atoms with Crippen LogP contribution in [0.25, 0.3) is 22.2 Å². The number of aromatic nitrogens is 2. The van der Waals surface area contributed by atoms with E-state index >= 15 is 0 Å². The number of nitrogens with one attached hydrogen (secondary N) is 1. The second-order valence-electron chi connectivity index (χ2n) is 6.15. The third-order valence-electron chi connectivity index (χ3n) is 3.95. The number of carboxylic acids is 1. The number of alkyl halides is 3. The Morgan fingerprint density at radius 1 is 1.17 bits per heavy atom. The zero-order chi connectivity index (χ0) is 22.0. The quantitative estimate of drug-likeness (QED) is 0.663. The minimum atomic E-state index is -5.08. The summed E-state index contributed by atoms with van der Waals surface area (Å²) in [5, 5.41) is 8.18. The summed E-state index contributed by atoms with van der Waals surface area (Å²) in [6.45, 7) is 2.00. The van der Waals surface area contributed by atoms with Gasteiger partial charge in [-0.05, 0) is 42.3 Å². The lowest BCUT2D eigenvalue weighted by Gasteiger charge is -2.16. The second-order valence-corrected chi connectivity index (χ2v) is 8.17. The van der Waals surface area contributed by atoms with E-state index in [0.29, 0.717) is 5.69 Å². The topological polar surface area (TPSA) is 103 Å². The number of rotatable bonds is 3. The molecular formula is C18H18F3N3O4S. The minimum Gasteiger partial charge on any atom is -0.475 e. The maximum absolute atomic E-state index is 11.6. The summed E-state index contributed by atoms with van der Waals surface area (Å²) >= 11 is 0. The monoisotopic (exact) mass is 429 g/mol. The van der Waals surface area contributed by atoms with E-state index in [1.165, 1.54) is 10.6 Å². The number of aryl methyl sites for hydroxylation is 1. The fourth-order valence-corrected chi connectivity index (χ4v) is 2.96. The number of nitrogens with zero attached hydrogens (tertiary/aromatic N) is 2. The van der Waals surface area contributed by atoms with Gasteiger partial charge >= 0.3 is 12.1 Å². The van der Waals surface area contributed by atoms with Crippen molar-refractivity contribution in [2.24, 2.45) is 0 Å². The van der Waals surface area contributed by atoms with Crippen LogP contribution in [0.4, 0.5) is 18.9 Å². The SMILES string of the molecule is Cc1cc2c(-c3ccc(N(C)S(C)(=O)=O)cc3)ccnc2[nH]1.O=C(O)C(F)(F)F. The molecular weight excluding hydrogens is 411 g/mol. The summed E-state index contributed by atoms with van der Waals surface area (Å²) in [5.74, 6) is -2.76. The number of anilines is 1. The number of aromatic amines is 1. The van der Waals surface area contributed by atoms with Gasteiger partial charge in [0.15, 0.2) is 0 Å². The first-order valence-electron chi connectivity index (χ1n) is 8.09. The van der Waals surface area contributed by atoms with Gasteiger partial charge in [-0.3, -0.25) is 4.31 Å². The van der Waals surface area contributed by atoms with Crippen LogP contribution in [0, 0.1) is 6.92 Å². The van der Waals surface area contributed by atoms with E-state index in [0.717, 1.165) is 27.9 Å². The van der Waals surface area contributed by atoms with Crippen LogP contribution < -0.4 is 4.31 Å². The number of benzene rings is 1. The molecule has 0 aliphatic heterocycles. The third-order valence-corrected chi connectivity index (χ3v) is 5.15. The Kier molecular flexibility index (Phi) is 6.21. The predicted molar refractivity (Wildman–Crippen MR) is 103 cm³/mol. The zero-order valence-electron chi connectivity index (χ0n) is 15.6. The normalized spacial score (nSPS) is 11.7. The van der Waals surface area contributed by atoms with Gasteiger partial charge in [0.25, 0.3) is 0 Å². The van der Waals surface area contributed by atoms with E-state index in [9.17, 15) is 21.6 Å². The summed E-state index contributed by atoms with van der Waals surface area (Å²) in [5.41, 5.74) is 4.65. The van der Waals surface area contributed by atoms with Crippen LogP contribution in [0.2, 0.25) is 0 Å². The summed E-state index contributed by atoms with van der Waals surface area (Å²) in [7, 11) is -1.70. The predicted octanol–water partition coefficient (Wildman–Crippen LogP) is 3.57. The van der Waals surface area contributed by atoms with Gasteiger partial charge in [-0.2, -0.15) is 13.2 Å². The summed E-state index contributed by atoms with van der Waals surface area (Å²) < 4.78 is 56.2. The van der Waals surface area contributed by atoms with Gasteiger partial charge in [0.2, 0.25) is 10.0 Å². The largest absolute Gasteiger partial charge is 0.490 e. The molecule has 0 bridgehead atoms. The number of aliphatic carboxylic acids is 1. The molecule has 2 heterocycles. The van der Waals surface area contributed by atoms with E-state index in [2.05, 4.69) is 16.0 Å². The average Bonchev–Trinajstić information content (AvgIpc) is 3.00. The van der Waals surface area contributed by atoms with Crippen LogP contribution in [0.5, 0.6) is 0 Å². The molecule has 7 nitrogen and oxygen atoms in total. The minimum absolute atomic E-state index is 0.641. The summed E-state index contributed by atoms with van der Waals surface area (Å²) in [6, 6.07) is 11.5. The Labute approximate surface area is 164 Å². The van der Waals surface area contributed by atoms with Crippen molar-refractivity contribution in [1.29, 1.82) is 0 Å². The van der Waals surface area contributed by atoms with Crippen LogP contribution >= 0.6 is 0 Å². The highest BCUT2D eigenvalue weighted by atomic mass is 32.2. The van der Waals surface area contributed by atoms with Gasteiger partial charge in [-0.1, -0.05) is 12.1 Å². The van der Waals surface area contributed by atoms with Gasteiger partial charge in [0.1, 0.15) is 5.65 Å². The molecule has 1 aromatic carbocycles. The average molecular weight is 429 g/mol. The highest BCUT2D eigenvalue weighted by molar-refractivity contribution is 7.92. The number of fused-ring (bicyclic) bond motifs is 1. The van der Waals surface area contributed by atoms with Crippen molar-refractivity contribution in [1.82, 2.24) is 9.97 Å². The molecule has 0 atom stereocenters. The second kappa shape index (κ2) is 8.11. The number of hydrogen-bond donors (Lipinski definition) is 2. The van der Waals surface area contributed by atoms with Gasteiger partial charge in [0, 0.05) is 24.3 Å². The summed E-state index contributed by atoms with van der Waals surface area (Å²) in [6.07, 6.45) is -2.12. The van der Waals surface area contributed by atoms with Crippen molar-refractivity contribution in [3.63, 3.8) is 0 Å². The maximum Gasteiger partial charge on any atom is 0.490 e. The van der Waals surface area contributed by atoms with Crippen molar-refractivity contribution in [3.05, 3.63) is 48.3 Å². The fraction of sp³-hybridized carbons (Fsp3) is 0.222. The number of sulfonamides is 1.